The summed E-state index contributed by atoms with van der Waals surface area (Å²) in [6.45, 7) is 9.76. The quantitative estimate of drug-likeness (QED) is 0.821. The molecule has 1 rings (SSSR count). The predicted octanol–water partition coefficient (Wildman–Crippen LogP) is 2.73. The third kappa shape index (κ3) is 5.62. The van der Waals surface area contributed by atoms with E-state index in [1.165, 1.54) is 11.3 Å². The summed E-state index contributed by atoms with van der Waals surface area (Å²) in [6.07, 6.45) is 0. The molecule has 3 nitrogen and oxygen atoms in total. The molecule has 0 aliphatic rings. The van der Waals surface area contributed by atoms with Crippen LogP contribution in [-0.2, 0) is 0 Å². The van der Waals surface area contributed by atoms with E-state index in [0.717, 1.165) is 19.6 Å². The maximum absolute atomic E-state index is 5.90. The molecular formula is C16H29N3. The Hall–Kier alpha value is -1.06. The fourth-order valence-corrected chi connectivity index (χ4v) is 2.08. The third-order valence-corrected chi connectivity index (χ3v) is 3.19. The number of rotatable bonds is 7. The van der Waals surface area contributed by atoms with Gasteiger partial charge >= 0.3 is 0 Å². The molecule has 0 heterocycles. The zero-order valence-electron chi connectivity index (χ0n) is 13.1. The van der Waals surface area contributed by atoms with Crippen LogP contribution in [0.1, 0.15) is 32.4 Å². The zero-order chi connectivity index (χ0) is 14.4. The Morgan fingerprint density at radius 1 is 1.00 bits per heavy atom. The Morgan fingerprint density at radius 2 is 1.58 bits per heavy atom. The van der Waals surface area contributed by atoms with Crippen molar-refractivity contribution in [3.63, 3.8) is 0 Å². The highest BCUT2D eigenvalue weighted by atomic mass is 15.2. The molecule has 0 amide bonds. The monoisotopic (exact) mass is 263 g/mol. The Balaban J connectivity index is 2.77. The van der Waals surface area contributed by atoms with Crippen molar-refractivity contribution >= 4 is 5.69 Å². The molecule has 0 aliphatic carbocycles. The Morgan fingerprint density at radius 3 is 2.00 bits per heavy atom. The van der Waals surface area contributed by atoms with E-state index in [-0.39, 0.29) is 6.04 Å². The molecule has 1 unspecified atom stereocenters. The van der Waals surface area contributed by atoms with Crippen LogP contribution in [0.3, 0.4) is 0 Å². The Bertz CT molecular complexity index is 355. The minimum absolute atomic E-state index is 0.106. The lowest BCUT2D eigenvalue weighted by molar-refractivity contribution is 0.409. The highest BCUT2D eigenvalue weighted by molar-refractivity contribution is 5.48. The van der Waals surface area contributed by atoms with E-state index in [1.54, 1.807) is 0 Å². The number of likely N-dealkylation sites (N-methyl/N-ethyl adjacent to an activating group) is 1. The highest BCUT2D eigenvalue weighted by Crippen LogP contribution is 2.19. The summed E-state index contributed by atoms with van der Waals surface area (Å²) < 4.78 is 0. The van der Waals surface area contributed by atoms with Gasteiger partial charge in [0.15, 0.2) is 0 Å². The summed E-state index contributed by atoms with van der Waals surface area (Å²) in [4.78, 5) is 4.68. The summed E-state index contributed by atoms with van der Waals surface area (Å²) in [5, 5.41) is 0. The van der Waals surface area contributed by atoms with Gasteiger partial charge in [-0.05, 0) is 44.6 Å². The second kappa shape index (κ2) is 7.51. The van der Waals surface area contributed by atoms with Gasteiger partial charge in [0.2, 0.25) is 0 Å². The van der Waals surface area contributed by atoms with Crippen LogP contribution in [0.25, 0.3) is 0 Å². The van der Waals surface area contributed by atoms with E-state index in [0.29, 0.717) is 5.92 Å². The summed E-state index contributed by atoms with van der Waals surface area (Å²) in [7, 11) is 4.24. The SMILES string of the molecule is CC(C)CN(CCN(C)C)c1ccc(C(C)N)cc1. The van der Waals surface area contributed by atoms with Crippen molar-refractivity contribution in [2.45, 2.75) is 26.8 Å². The summed E-state index contributed by atoms with van der Waals surface area (Å²) >= 11 is 0. The first-order valence-electron chi connectivity index (χ1n) is 7.15. The minimum atomic E-state index is 0.106. The van der Waals surface area contributed by atoms with Crippen LogP contribution in [0.2, 0.25) is 0 Å². The van der Waals surface area contributed by atoms with Crippen molar-refractivity contribution < 1.29 is 0 Å². The molecule has 2 N–H and O–H groups in total. The fourth-order valence-electron chi connectivity index (χ4n) is 2.08. The van der Waals surface area contributed by atoms with Crippen LogP contribution in [0.4, 0.5) is 5.69 Å². The van der Waals surface area contributed by atoms with Crippen molar-refractivity contribution in [2.75, 3.05) is 38.6 Å². The zero-order valence-corrected chi connectivity index (χ0v) is 13.1. The normalized spacial score (nSPS) is 13.1. The molecule has 0 bridgehead atoms. The molecular weight excluding hydrogens is 234 g/mol. The number of benzene rings is 1. The van der Waals surface area contributed by atoms with Gasteiger partial charge in [-0.1, -0.05) is 26.0 Å². The second-order valence-electron chi connectivity index (χ2n) is 6.02. The van der Waals surface area contributed by atoms with Crippen molar-refractivity contribution in [3.05, 3.63) is 29.8 Å². The Kier molecular flexibility index (Phi) is 6.32. The van der Waals surface area contributed by atoms with Crippen LogP contribution >= 0.6 is 0 Å². The predicted molar refractivity (Wildman–Crippen MR) is 84.6 cm³/mol. The van der Waals surface area contributed by atoms with Gasteiger partial charge in [-0.25, -0.2) is 0 Å². The van der Waals surface area contributed by atoms with Gasteiger partial charge in [0.1, 0.15) is 0 Å². The van der Waals surface area contributed by atoms with Crippen molar-refractivity contribution in [1.82, 2.24) is 4.90 Å². The van der Waals surface area contributed by atoms with E-state index in [2.05, 4.69) is 62.0 Å². The molecule has 0 spiro atoms. The van der Waals surface area contributed by atoms with Crippen LogP contribution in [0.5, 0.6) is 0 Å². The number of nitrogens with zero attached hydrogens (tertiary/aromatic N) is 2. The average molecular weight is 263 g/mol. The number of nitrogens with two attached hydrogens (primary N) is 1. The molecule has 0 fully saturated rings. The molecule has 108 valence electrons. The van der Waals surface area contributed by atoms with Crippen molar-refractivity contribution in [3.8, 4) is 0 Å². The molecule has 0 aromatic heterocycles. The maximum Gasteiger partial charge on any atom is 0.0366 e. The third-order valence-electron chi connectivity index (χ3n) is 3.19. The van der Waals surface area contributed by atoms with E-state index in [9.17, 15) is 0 Å². The second-order valence-corrected chi connectivity index (χ2v) is 6.02. The standard InChI is InChI=1S/C16H29N3/c1-13(2)12-19(11-10-18(4)5)16-8-6-15(7-9-16)14(3)17/h6-9,13-14H,10-12,17H2,1-5H3. The molecule has 0 saturated carbocycles. The van der Waals surface area contributed by atoms with Gasteiger partial charge in [0.25, 0.3) is 0 Å². The molecule has 0 radical (unpaired) electrons. The molecule has 1 atom stereocenters. The highest BCUT2D eigenvalue weighted by Gasteiger charge is 2.09. The lowest BCUT2D eigenvalue weighted by atomic mass is 10.1. The van der Waals surface area contributed by atoms with Gasteiger partial charge in [0.05, 0.1) is 0 Å². The van der Waals surface area contributed by atoms with Crippen molar-refractivity contribution in [1.29, 1.82) is 0 Å². The first kappa shape index (κ1) is 16.0. The topological polar surface area (TPSA) is 32.5 Å². The summed E-state index contributed by atoms with van der Waals surface area (Å²) in [5.74, 6) is 0.662. The fraction of sp³-hybridized carbons (Fsp3) is 0.625. The van der Waals surface area contributed by atoms with E-state index in [4.69, 9.17) is 5.73 Å². The first-order valence-corrected chi connectivity index (χ1v) is 7.15. The largest absolute Gasteiger partial charge is 0.370 e. The molecule has 19 heavy (non-hydrogen) atoms. The molecule has 0 aliphatic heterocycles. The van der Waals surface area contributed by atoms with Crippen LogP contribution in [0.15, 0.2) is 24.3 Å². The smallest absolute Gasteiger partial charge is 0.0366 e. The van der Waals surface area contributed by atoms with E-state index < -0.39 is 0 Å². The van der Waals surface area contributed by atoms with E-state index in [1.807, 2.05) is 6.92 Å². The van der Waals surface area contributed by atoms with Crippen LogP contribution in [0, 0.1) is 5.92 Å². The van der Waals surface area contributed by atoms with Crippen LogP contribution < -0.4 is 10.6 Å². The summed E-state index contributed by atoms with van der Waals surface area (Å²) in [5.41, 5.74) is 8.39. The molecule has 1 aromatic carbocycles. The first-order chi connectivity index (χ1) is 8.90. The lowest BCUT2D eigenvalue weighted by Crippen LogP contribution is -2.34. The van der Waals surface area contributed by atoms with Crippen molar-refractivity contribution in [2.24, 2.45) is 11.7 Å². The van der Waals surface area contributed by atoms with Crippen LogP contribution in [-0.4, -0.2) is 38.6 Å². The van der Waals surface area contributed by atoms with Gasteiger partial charge in [-0.3, -0.25) is 0 Å². The Labute approximate surface area is 118 Å². The summed E-state index contributed by atoms with van der Waals surface area (Å²) in [6, 6.07) is 8.77. The number of hydrogen-bond acceptors (Lipinski definition) is 3. The molecule has 3 heteroatoms. The molecule has 0 saturated heterocycles. The minimum Gasteiger partial charge on any atom is -0.370 e. The number of anilines is 1. The average Bonchev–Trinajstić information content (AvgIpc) is 2.34. The maximum atomic E-state index is 5.90. The van der Waals surface area contributed by atoms with Gasteiger partial charge in [-0.2, -0.15) is 0 Å². The van der Waals surface area contributed by atoms with E-state index >= 15 is 0 Å². The van der Waals surface area contributed by atoms with Gasteiger partial charge in [0, 0.05) is 31.4 Å². The van der Waals surface area contributed by atoms with Gasteiger partial charge < -0.3 is 15.5 Å². The number of hydrogen-bond donors (Lipinski definition) is 1. The lowest BCUT2D eigenvalue weighted by Gasteiger charge is -2.28. The van der Waals surface area contributed by atoms with Gasteiger partial charge in [-0.15, -0.1) is 0 Å². The molecule has 1 aromatic rings.